The Hall–Kier alpha value is 0.274. The number of hydrogen-bond acceptors (Lipinski definition) is 4. The largest absolute Gasteiger partial charge is 0.353 e. The van der Waals surface area contributed by atoms with E-state index in [0.717, 1.165) is 83.2 Å². The molecule has 0 aliphatic heterocycles. The summed E-state index contributed by atoms with van der Waals surface area (Å²) in [5, 5.41) is 0. The van der Waals surface area contributed by atoms with Crippen LogP contribution in [0.3, 0.4) is 0 Å². The molecule has 0 bridgehead atoms. The van der Waals surface area contributed by atoms with Crippen molar-refractivity contribution < 1.29 is 18.9 Å². The summed E-state index contributed by atoms with van der Waals surface area (Å²) < 4.78 is 23.1. The molecule has 4 radical (unpaired) electrons. The summed E-state index contributed by atoms with van der Waals surface area (Å²) in [6.07, 6.45) is 4.15. The standard InChI is InChI=1S/C17H36O4Si2/c1-5-9-18-16(19-10-6-2)13-22-15-23-14-17(20-11-7-3)21-12-8-4/h16-17H,5-15H2,1-4H3. The van der Waals surface area contributed by atoms with Gasteiger partial charge in [0, 0.05) is 45.5 Å². The molecule has 136 valence electrons. The molecule has 0 saturated heterocycles. The van der Waals surface area contributed by atoms with Crippen LogP contribution < -0.4 is 0 Å². The van der Waals surface area contributed by atoms with Gasteiger partial charge in [0.05, 0.1) is 0 Å². The van der Waals surface area contributed by atoms with Gasteiger partial charge in [0.15, 0.2) is 12.6 Å². The highest BCUT2D eigenvalue weighted by Gasteiger charge is 2.11. The van der Waals surface area contributed by atoms with Crippen LogP contribution in [0.1, 0.15) is 53.4 Å². The van der Waals surface area contributed by atoms with E-state index in [0.29, 0.717) is 0 Å². The third kappa shape index (κ3) is 15.5. The maximum Gasteiger partial charge on any atom is 0.154 e. The fraction of sp³-hybridized carbons (Fsp3) is 1.00. The Kier molecular flexibility index (Phi) is 18.8. The summed E-state index contributed by atoms with van der Waals surface area (Å²) in [5.74, 6) is 0. The molecule has 0 atom stereocenters. The van der Waals surface area contributed by atoms with Crippen molar-refractivity contribution in [3.63, 3.8) is 0 Å². The first kappa shape index (κ1) is 23.3. The van der Waals surface area contributed by atoms with Gasteiger partial charge >= 0.3 is 0 Å². The molecule has 0 aliphatic rings. The summed E-state index contributed by atoms with van der Waals surface area (Å²) >= 11 is 0. The van der Waals surface area contributed by atoms with Crippen LogP contribution in [0.15, 0.2) is 0 Å². The smallest absolute Gasteiger partial charge is 0.154 e. The molecule has 6 heteroatoms. The first-order valence-corrected chi connectivity index (χ1v) is 12.0. The Balaban J connectivity index is 3.81. The maximum atomic E-state index is 5.77. The second-order valence-electron chi connectivity index (χ2n) is 5.43. The zero-order valence-electron chi connectivity index (χ0n) is 15.6. The van der Waals surface area contributed by atoms with Crippen molar-refractivity contribution in [1.29, 1.82) is 0 Å². The topological polar surface area (TPSA) is 36.9 Å². The second kappa shape index (κ2) is 18.6. The maximum absolute atomic E-state index is 5.77. The zero-order valence-corrected chi connectivity index (χ0v) is 17.6. The highest BCUT2D eigenvalue weighted by molar-refractivity contribution is 6.55. The SMILES string of the molecule is CCCOC(C[Si]C[Si]CC(OCCC)OCCC)OCCC. The molecule has 0 spiro atoms. The summed E-state index contributed by atoms with van der Waals surface area (Å²) in [7, 11) is 1.78. The second-order valence-corrected chi connectivity index (χ2v) is 8.66. The van der Waals surface area contributed by atoms with E-state index in [-0.39, 0.29) is 12.6 Å². The molecule has 0 heterocycles. The molecule has 4 nitrogen and oxygen atoms in total. The molecule has 0 aliphatic carbocycles. The Morgan fingerprint density at radius 1 is 0.565 bits per heavy atom. The Bertz CT molecular complexity index is 195. The monoisotopic (exact) mass is 360 g/mol. The third-order valence-electron chi connectivity index (χ3n) is 2.90. The van der Waals surface area contributed by atoms with Gasteiger partial charge in [0.2, 0.25) is 0 Å². The molecule has 0 aromatic heterocycles. The molecule has 0 rings (SSSR count). The van der Waals surface area contributed by atoms with Gasteiger partial charge in [-0.3, -0.25) is 0 Å². The van der Waals surface area contributed by atoms with Crippen LogP contribution in [-0.2, 0) is 18.9 Å². The quantitative estimate of drug-likeness (QED) is 0.211. The van der Waals surface area contributed by atoms with Gasteiger partial charge in [0.25, 0.3) is 0 Å². The lowest BCUT2D eigenvalue weighted by molar-refractivity contribution is -0.129. The molecule has 0 N–H and O–H groups in total. The first-order chi connectivity index (χ1) is 11.3. The van der Waals surface area contributed by atoms with Crippen LogP contribution >= 0.6 is 0 Å². The van der Waals surface area contributed by atoms with Crippen LogP contribution in [-0.4, -0.2) is 58.0 Å². The Morgan fingerprint density at radius 2 is 0.870 bits per heavy atom. The molecule has 0 saturated carbocycles. The fourth-order valence-electron chi connectivity index (χ4n) is 1.80. The minimum Gasteiger partial charge on any atom is -0.353 e. The van der Waals surface area contributed by atoms with Crippen molar-refractivity contribution in [2.75, 3.05) is 26.4 Å². The lowest BCUT2D eigenvalue weighted by atomic mass is 10.5. The summed E-state index contributed by atoms with van der Waals surface area (Å²) in [5.41, 5.74) is 1.23. The molecule has 0 unspecified atom stereocenters. The lowest BCUT2D eigenvalue weighted by Gasteiger charge is -2.19. The van der Waals surface area contributed by atoms with Crippen LogP contribution in [0.4, 0.5) is 0 Å². The van der Waals surface area contributed by atoms with Gasteiger partial charge in [-0.15, -0.1) is 0 Å². The van der Waals surface area contributed by atoms with Crippen molar-refractivity contribution >= 4 is 19.0 Å². The average molecular weight is 361 g/mol. The van der Waals surface area contributed by atoms with E-state index in [1.54, 1.807) is 0 Å². The van der Waals surface area contributed by atoms with E-state index < -0.39 is 0 Å². The Morgan fingerprint density at radius 3 is 1.13 bits per heavy atom. The highest BCUT2D eigenvalue weighted by Crippen LogP contribution is 2.07. The average Bonchev–Trinajstić information content (AvgIpc) is 2.57. The Labute approximate surface area is 148 Å². The van der Waals surface area contributed by atoms with E-state index >= 15 is 0 Å². The molecule has 23 heavy (non-hydrogen) atoms. The zero-order chi connectivity index (χ0) is 17.2. The van der Waals surface area contributed by atoms with Crippen molar-refractivity contribution in [3.8, 4) is 0 Å². The van der Waals surface area contributed by atoms with E-state index in [4.69, 9.17) is 18.9 Å². The fourth-order valence-corrected chi connectivity index (χ4v) is 4.60. The van der Waals surface area contributed by atoms with Crippen LogP contribution in [0.5, 0.6) is 0 Å². The summed E-state index contributed by atoms with van der Waals surface area (Å²) in [6, 6.07) is 2.03. The van der Waals surface area contributed by atoms with E-state index in [1.165, 1.54) is 5.67 Å². The molecular weight excluding hydrogens is 324 g/mol. The minimum absolute atomic E-state index is 0.0125. The first-order valence-electron chi connectivity index (χ1n) is 9.16. The van der Waals surface area contributed by atoms with Gasteiger partial charge in [-0.05, 0) is 37.8 Å². The van der Waals surface area contributed by atoms with E-state index in [1.807, 2.05) is 0 Å². The number of rotatable bonds is 18. The summed E-state index contributed by atoms with van der Waals surface area (Å²) in [4.78, 5) is 0. The summed E-state index contributed by atoms with van der Waals surface area (Å²) in [6.45, 7) is 11.7. The van der Waals surface area contributed by atoms with Gasteiger partial charge in [-0.1, -0.05) is 33.4 Å². The van der Waals surface area contributed by atoms with Crippen molar-refractivity contribution in [2.24, 2.45) is 0 Å². The van der Waals surface area contributed by atoms with E-state index in [9.17, 15) is 0 Å². The molecule has 0 amide bonds. The molecule has 0 aromatic carbocycles. The highest BCUT2D eigenvalue weighted by atomic mass is 28.3. The predicted molar refractivity (Wildman–Crippen MR) is 98.5 cm³/mol. The van der Waals surface area contributed by atoms with Crippen molar-refractivity contribution in [2.45, 2.75) is 83.7 Å². The third-order valence-corrected chi connectivity index (χ3v) is 6.15. The molecule has 0 fully saturated rings. The number of ether oxygens (including phenoxy) is 4. The number of hydrogen-bond donors (Lipinski definition) is 0. The van der Waals surface area contributed by atoms with Gasteiger partial charge in [0.1, 0.15) is 0 Å². The van der Waals surface area contributed by atoms with Crippen molar-refractivity contribution in [3.05, 3.63) is 0 Å². The van der Waals surface area contributed by atoms with Gasteiger partial charge in [-0.25, -0.2) is 0 Å². The molecule has 0 aromatic rings. The van der Waals surface area contributed by atoms with Crippen LogP contribution in [0.2, 0.25) is 17.8 Å². The lowest BCUT2D eigenvalue weighted by Crippen LogP contribution is -2.22. The van der Waals surface area contributed by atoms with Gasteiger partial charge in [-0.2, -0.15) is 0 Å². The predicted octanol–water partition coefficient (Wildman–Crippen LogP) is 3.97. The normalized spacial score (nSPS) is 11.7. The van der Waals surface area contributed by atoms with E-state index in [2.05, 4.69) is 27.7 Å². The van der Waals surface area contributed by atoms with Crippen LogP contribution in [0, 0.1) is 0 Å². The van der Waals surface area contributed by atoms with Gasteiger partial charge < -0.3 is 18.9 Å². The molecular formula is C17H36O4Si2. The van der Waals surface area contributed by atoms with Crippen LogP contribution in [0.25, 0.3) is 0 Å². The minimum atomic E-state index is -0.0125. The van der Waals surface area contributed by atoms with Crippen molar-refractivity contribution in [1.82, 2.24) is 0 Å².